The van der Waals surface area contributed by atoms with E-state index in [0.29, 0.717) is 18.6 Å². The van der Waals surface area contributed by atoms with Crippen LogP contribution in [-0.4, -0.2) is 57.1 Å². The van der Waals surface area contributed by atoms with Crippen LogP contribution in [0.15, 0.2) is 23.3 Å². The molecule has 2 fully saturated rings. The summed E-state index contributed by atoms with van der Waals surface area (Å²) in [6, 6.07) is 4.00. The number of aliphatic imine (C=N–C) groups is 1. The second kappa shape index (κ2) is 14.0. The number of nitrogens with one attached hydrogen (secondary N) is 2. The van der Waals surface area contributed by atoms with E-state index >= 15 is 0 Å². The van der Waals surface area contributed by atoms with Crippen molar-refractivity contribution in [3.05, 3.63) is 23.9 Å². The first kappa shape index (κ1) is 24.1. The number of hydrogen-bond acceptors (Lipinski definition) is 5. The molecule has 0 spiro atoms. The summed E-state index contributed by atoms with van der Waals surface area (Å²) >= 11 is 0. The van der Waals surface area contributed by atoms with Crippen LogP contribution in [0, 0.1) is 5.92 Å². The highest BCUT2D eigenvalue weighted by Crippen LogP contribution is 2.24. The molecule has 1 aromatic rings. The van der Waals surface area contributed by atoms with E-state index in [1.165, 1.54) is 12.8 Å². The number of ether oxygens (including phenoxy) is 3. The van der Waals surface area contributed by atoms with Crippen molar-refractivity contribution in [2.45, 2.75) is 51.2 Å². The number of rotatable bonds is 10. The average molecular weight is 518 g/mol. The van der Waals surface area contributed by atoms with E-state index in [1.54, 1.807) is 13.2 Å². The van der Waals surface area contributed by atoms with Crippen LogP contribution in [0.25, 0.3) is 0 Å². The summed E-state index contributed by atoms with van der Waals surface area (Å²) in [5, 5.41) is 6.68. The topological polar surface area (TPSA) is 77.0 Å². The molecule has 29 heavy (non-hydrogen) atoms. The van der Waals surface area contributed by atoms with Crippen LogP contribution < -0.4 is 15.4 Å². The monoisotopic (exact) mass is 518 g/mol. The Morgan fingerprint density at radius 3 is 2.90 bits per heavy atom. The summed E-state index contributed by atoms with van der Waals surface area (Å²) in [7, 11) is 1.78. The van der Waals surface area contributed by atoms with Crippen LogP contribution in [0.1, 0.15) is 44.1 Å². The first-order valence-corrected chi connectivity index (χ1v) is 10.6. The number of pyridine rings is 1. The molecule has 0 amide bonds. The molecular formula is C21H35IN4O3. The van der Waals surface area contributed by atoms with Crippen molar-refractivity contribution < 1.29 is 14.2 Å². The Balaban J connectivity index is 0.00000300. The lowest BCUT2D eigenvalue weighted by Gasteiger charge is -2.17. The van der Waals surface area contributed by atoms with Crippen LogP contribution in [0.3, 0.4) is 0 Å². The highest BCUT2D eigenvalue weighted by atomic mass is 127. The minimum atomic E-state index is 0. The smallest absolute Gasteiger partial charge is 0.218 e. The number of nitrogens with zero attached hydrogens (tertiary/aromatic N) is 2. The molecule has 8 heteroatoms. The van der Waals surface area contributed by atoms with Crippen molar-refractivity contribution in [1.29, 1.82) is 0 Å². The Morgan fingerprint density at radius 1 is 1.28 bits per heavy atom. The maximum atomic E-state index is 6.10. The van der Waals surface area contributed by atoms with Crippen LogP contribution in [-0.2, 0) is 16.0 Å². The summed E-state index contributed by atoms with van der Waals surface area (Å²) in [5.74, 6) is 2.09. The summed E-state index contributed by atoms with van der Waals surface area (Å²) in [5.41, 5.74) is 1.06. The van der Waals surface area contributed by atoms with Crippen molar-refractivity contribution in [2.75, 3.05) is 40.0 Å². The van der Waals surface area contributed by atoms with Crippen LogP contribution >= 0.6 is 24.0 Å². The van der Waals surface area contributed by atoms with Gasteiger partial charge in [0, 0.05) is 51.0 Å². The molecule has 164 valence electrons. The number of hydrogen-bond donors (Lipinski definition) is 2. The van der Waals surface area contributed by atoms with Gasteiger partial charge in [0.1, 0.15) is 6.10 Å². The maximum Gasteiger partial charge on any atom is 0.218 e. The van der Waals surface area contributed by atoms with Crippen molar-refractivity contribution in [3.8, 4) is 5.88 Å². The Kier molecular flexibility index (Phi) is 11.6. The van der Waals surface area contributed by atoms with E-state index in [4.69, 9.17) is 14.2 Å². The molecule has 1 unspecified atom stereocenters. The predicted molar refractivity (Wildman–Crippen MR) is 125 cm³/mol. The van der Waals surface area contributed by atoms with Gasteiger partial charge in [-0.05, 0) is 44.6 Å². The minimum Gasteiger partial charge on any atom is -0.474 e. The van der Waals surface area contributed by atoms with Crippen LogP contribution in [0.2, 0.25) is 0 Å². The second-order valence-corrected chi connectivity index (χ2v) is 7.50. The molecule has 1 atom stereocenters. The molecule has 1 aliphatic heterocycles. The molecule has 0 bridgehead atoms. The highest BCUT2D eigenvalue weighted by molar-refractivity contribution is 14.0. The summed E-state index contributed by atoms with van der Waals surface area (Å²) in [6.07, 6.45) is 8.91. The molecular weight excluding hydrogens is 483 g/mol. The highest BCUT2D eigenvalue weighted by Gasteiger charge is 2.18. The Labute approximate surface area is 191 Å². The van der Waals surface area contributed by atoms with Gasteiger partial charge in [-0.1, -0.05) is 6.07 Å². The zero-order valence-electron chi connectivity index (χ0n) is 17.4. The lowest BCUT2D eigenvalue weighted by Crippen LogP contribution is -2.37. The van der Waals surface area contributed by atoms with Gasteiger partial charge in [-0.25, -0.2) is 4.98 Å². The first-order valence-electron chi connectivity index (χ1n) is 10.6. The minimum absolute atomic E-state index is 0. The van der Waals surface area contributed by atoms with Gasteiger partial charge in [0.2, 0.25) is 5.88 Å². The van der Waals surface area contributed by atoms with Gasteiger partial charge in [0.15, 0.2) is 5.96 Å². The van der Waals surface area contributed by atoms with Crippen LogP contribution in [0.5, 0.6) is 5.88 Å². The van der Waals surface area contributed by atoms with Gasteiger partial charge >= 0.3 is 0 Å². The summed E-state index contributed by atoms with van der Waals surface area (Å²) < 4.78 is 17.2. The fourth-order valence-electron chi connectivity index (χ4n) is 3.57. The molecule has 7 nitrogen and oxygen atoms in total. The lowest BCUT2D eigenvalue weighted by molar-refractivity contribution is 0.0888. The molecule has 2 N–H and O–H groups in total. The molecule has 1 saturated heterocycles. The molecule has 1 aliphatic carbocycles. The van der Waals surface area contributed by atoms with Gasteiger partial charge in [-0.15, -0.1) is 24.0 Å². The Bertz CT molecular complexity index is 605. The molecule has 2 heterocycles. The van der Waals surface area contributed by atoms with Crippen LogP contribution in [0.4, 0.5) is 0 Å². The van der Waals surface area contributed by atoms with Crippen molar-refractivity contribution >= 4 is 29.9 Å². The van der Waals surface area contributed by atoms with Gasteiger partial charge in [-0.3, -0.25) is 4.99 Å². The van der Waals surface area contributed by atoms with Gasteiger partial charge in [0.05, 0.1) is 13.2 Å². The molecule has 0 aromatic carbocycles. The standard InChI is InChI=1S/C21H34N4O3.HI/c1-22-21(24-11-5-12-26-15-17-9-13-27-16-17)25-14-18-6-4-10-23-20(18)28-19-7-2-3-8-19;/h4,6,10,17,19H,2-3,5,7-9,11-16H2,1H3,(H2,22,24,25);1H. The Morgan fingerprint density at radius 2 is 2.14 bits per heavy atom. The van der Waals surface area contributed by atoms with E-state index in [1.807, 2.05) is 6.07 Å². The van der Waals surface area contributed by atoms with E-state index in [9.17, 15) is 0 Å². The van der Waals surface area contributed by atoms with Crippen molar-refractivity contribution in [2.24, 2.45) is 10.9 Å². The van der Waals surface area contributed by atoms with Gasteiger partial charge in [0.25, 0.3) is 0 Å². The molecule has 2 aliphatic rings. The maximum absolute atomic E-state index is 6.10. The molecule has 1 saturated carbocycles. The lowest BCUT2D eigenvalue weighted by atomic mass is 10.1. The normalized spacial score (nSPS) is 19.8. The number of aromatic nitrogens is 1. The largest absolute Gasteiger partial charge is 0.474 e. The summed E-state index contributed by atoms with van der Waals surface area (Å²) in [6.45, 7) is 4.73. The third-order valence-corrected chi connectivity index (χ3v) is 5.24. The fraction of sp³-hybridized carbons (Fsp3) is 0.714. The third-order valence-electron chi connectivity index (χ3n) is 5.24. The number of halogens is 1. The van der Waals surface area contributed by atoms with E-state index in [2.05, 4.69) is 26.7 Å². The van der Waals surface area contributed by atoms with E-state index in [-0.39, 0.29) is 24.0 Å². The number of guanidine groups is 1. The van der Waals surface area contributed by atoms with Crippen molar-refractivity contribution in [3.63, 3.8) is 0 Å². The third kappa shape index (κ3) is 8.64. The predicted octanol–water partition coefficient (Wildman–Crippen LogP) is 3.13. The SMILES string of the molecule is CN=C(NCCCOCC1CCOC1)NCc1cccnc1OC1CCCC1.I. The molecule has 1 aromatic heterocycles. The quantitative estimate of drug-likeness (QED) is 0.215. The fourth-order valence-corrected chi connectivity index (χ4v) is 3.57. The average Bonchev–Trinajstić information content (AvgIpc) is 3.42. The van der Waals surface area contributed by atoms with E-state index in [0.717, 1.165) is 76.1 Å². The zero-order chi connectivity index (χ0) is 19.4. The van der Waals surface area contributed by atoms with Gasteiger partial charge in [-0.2, -0.15) is 0 Å². The zero-order valence-corrected chi connectivity index (χ0v) is 19.7. The molecule has 0 radical (unpaired) electrons. The summed E-state index contributed by atoms with van der Waals surface area (Å²) in [4.78, 5) is 8.72. The van der Waals surface area contributed by atoms with Crippen molar-refractivity contribution in [1.82, 2.24) is 15.6 Å². The first-order chi connectivity index (χ1) is 13.8. The van der Waals surface area contributed by atoms with Gasteiger partial charge < -0.3 is 24.8 Å². The molecule has 3 rings (SSSR count). The Hall–Kier alpha value is -1.13. The van der Waals surface area contributed by atoms with E-state index < -0.39 is 0 Å². The second-order valence-electron chi connectivity index (χ2n) is 7.50.